The van der Waals surface area contributed by atoms with Crippen LogP contribution in [0.15, 0.2) is 0 Å². The van der Waals surface area contributed by atoms with E-state index in [4.69, 9.17) is 15.7 Å². The molecule has 0 saturated heterocycles. The Morgan fingerprint density at radius 3 is 2.41 bits per heavy atom. The molecule has 0 atom stereocenters. The molecule has 6 heteroatoms. The lowest BCUT2D eigenvalue weighted by Gasteiger charge is -2.28. The van der Waals surface area contributed by atoms with E-state index >= 15 is 0 Å². The first kappa shape index (κ1) is 17.3. The van der Waals surface area contributed by atoms with Crippen LogP contribution in [0, 0.1) is 0 Å². The van der Waals surface area contributed by atoms with Crippen LogP contribution in [0.5, 0.6) is 0 Å². The van der Waals surface area contributed by atoms with E-state index in [1.165, 1.54) is 24.1 Å². The maximum absolute atomic E-state index is 5.98. The Morgan fingerprint density at radius 2 is 1.73 bits per heavy atom. The summed E-state index contributed by atoms with van der Waals surface area (Å²) in [5, 5.41) is 3.54. The molecule has 0 spiro atoms. The minimum atomic E-state index is 0. The molecule has 1 saturated carbocycles. The molecule has 0 aromatic carbocycles. The summed E-state index contributed by atoms with van der Waals surface area (Å²) in [6.07, 6.45) is 9.15. The van der Waals surface area contributed by atoms with Gasteiger partial charge in [0.25, 0.3) is 0 Å². The van der Waals surface area contributed by atoms with Gasteiger partial charge in [-0.05, 0) is 51.4 Å². The minimum absolute atomic E-state index is 0. The summed E-state index contributed by atoms with van der Waals surface area (Å²) in [4.78, 5) is 11.7. The van der Waals surface area contributed by atoms with Gasteiger partial charge in [-0.1, -0.05) is 0 Å². The van der Waals surface area contributed by atoms with Gasteiger partial charge in [0.05, 0.1) is 5.69 Å². The van der Waals surface area contributed by atoms with Gasteiger partial charge < -0.3 is 16.0 Å². The van der Waals surface area contributed by atoms with Crippen LogP contribution >= 0.6 is 12.4 Å². The normalized spacial score (nSPS) is 24.1. The number of aryl methyl sites for hydroxylation is 1. The van der Waals surface area contributed by atoms with E-state index < -0.39 is 0 Å². The Kier molecular flexibility index (Phi) is 5.87. The number of nitrogens with zero attached hydrogens (tertiary/aromatic N) is 3. The first-order chi connectivity index (χ1) is 10.1. The van der Waals surface area contributed by atoms with Gasteiger partial charge >= 0.3 is 0 Å². The lowest BCUT2D eigenvalue weighted by Crippen LogP contribution is -2.33. The molecule has 0 bridgehead atoms. The summed E-state index contributed by atoms with van der Waals surface area (Å²) in [6, 6.07) is 0.853. The van der Waals surface area contributed by atoms with Crippen molar-refractivity contribution < 1.29 is 0 Å². The van der Waals surface area contributed by atoms with Crippen LogP contribution in [0.1, 0.15) is 49.8 Å². The van der Waals surface area contributed by atoms with E-state index in [-0.39, 0.29) is 12.4 Å². The average Bonchev–Trinajstić information content (AvgIpc) is 2.48. The van der Waals surface area contributed by atoms with Gasteiger partial charge in [-0.3, -0.25) is 0 Å². The van der Waals surface area contributed by atoms with Crippen molar-refractivity contribution in [3.63, 3.8) is 0 Å². The first-order valence-corrected chi connectivity index (χ1v) is 8.22. The molecule has 124 valence electrons. The van der Waals surface area contributed by atoms with Gasteiger partial charge in [-0.2, -0.15) is 4.98 Å². The summed E-state index contributed by atoms with van der Waals surface area (Å²) in [5.74, 6) is 1.90. The smallest absolute Gasteiger partial charge is 0.225 e. The van der Waals surface area contributed by atoms with Crippen molar-refractivity contribution in [2.75, 3.05) is 24.3 Å². The Hall–Kier alpha value is -1.07. The monoisotopic (exact) mass is 325 g/mol. The number of hydrogen-bond acceptors (Lipinski definition) is 5. The SMILES string of the molecule is CN(C)c1nc(NC2CCC(N)CC2)nc2c1CCCC2.Cl. The molecule has 1 aromatic heterocycles. The largest absolute Gasteiger partial charge is 0.362 e. The van der Waals surface area contributed by atoms with Crippen molar-refractivity contribution in [2.45, 2.75) is 63.5 Å². The molecule has 3 N–H and O–H groups in total. The number of halogens is 1. The van der Waals surface area contributed by atoms with Crippen LogP contribution in [-0.4, -0.2) is 36.1 Å². The molecule has 1 aromatic rings. The van der Waals surface area contributed by atoms with Crippen LogP contribution in [0.25, 0.3) is 0 Å². The van der Waals surface area contributed by atoms with E-state index in [1.54, 1.807) is 0 Å². The fourth-order valence-corrected chi connectivity index (χ4v) is 3.45. The number of fused-ring (bicyclic) bond motifs is 1. The number of nitrogens with one attached hydrogen (secondary N) is 1. The Balaban J connectivity index is 0.00000176. The summed E-state index contributed by atoms with van der Waals surface area (Å²) < 4.78 is 0. The molecule has 0 amide bonds. The van der Waals surface area contributed by atoms with E-state index in [1.807, 2.05) is 0 Å². The predicted molar refractivity (Wildman–Crippen MR) is 94.1 cm³/mol. The highest BCUT2D eigenvalue weighted by Gasteiger charge is 2.22. The molecular formula is C16H28ClN5. The summed E-state index contributed by atoms with van der Waals surface area (Å²) in [6.45, 7) is 0. The molecule has 22 heavy (non-hydrogen) atoms. The molecule has 0 radical (unpaired) electrons. The van der Waals surface area contributed by atoms with Crippen molar-refractivity contribution in [1.82, 2.24) is 9.97 Å². The van der Waals surface area contributed by atoms with Gasteiger partial charge in [0.1, 0.15) is 5.82 Å². The third-order valence-corrected chi connectivity index (χ3v) is 4.69. The van der Waals surface area contributed by atoms with Crippen molar-refractivity contribution in [3.05, 3.63) is 11.3 Å². The third kappa shape index (κ3) is 3.82. The van der Waals surface area contributed by atoms with E-state index in [0.717, 1.165) is 50.3 Å². The zero-order chi connectivity index (χ0) is 14.8. The maximum Gasteiger partial charge on any atom is 0.225 e. The molecule has 5 nitrogen and oxygen atoms in total. The Bertz CT molecular complexity index is 498. The average molecular weight is 326 g/mol. The first-order valence-electron chi connectivity index (χ1n) is 8.22. The van der Waals surface area contributed by atoms with Crippen molar-refractivity contribution in [3.8, 4) is 0 Å². The van der Waals surface area contributed by atoms with Crippen molar-refractivity contribution >= 4 is 24.2 Å². The number of aromatic nitrogens is 2. The van der Waals surface area contributed by atoms with E-state index in [2.05, 4.69) is 24.3 Å². The molecule has 0 unspecified atom stereocenters. The standard InChI is InChI=1S/C16H27N5.ClH/c1-21(2)15-13-5-3-4-6-14(13)19-16(20-15)18-12-9-7-11(17)8-10-12;/h11-12H,3-10,17H2,1-2H3,(H,18,19,20);1H. The quantitative estimate of drug-likeness (QED) is 0.894. The maximum atomic E-state index is 5.98. The van der Waals surface area contributed by atoms with Crippen LogP contribution in [0.3, 0.4) is 0 Å². The number of nitrogens with two attached hydrogens (primary N) is 1. The van der Waals surface area contributed by atoms with Gasteiger partial charge in [0, 0.05) is 31.7 Å². The van der Waals surface area contributed by atoms with Crippen LogP contribution in [-0.2, 0) is 12.8 Å². The topological polar surface area (TPSA) is 67.1 Å². The highest BCUT2D eigenvalue weighted by Crippen LogP contribution is 2.29. The van der Waals surface area contributed by atoms with E-state index in [0.29, 0.717) is 12.1 Å². The molecule has 1 heterocycles. The van der Waals surface area contributed by atoms with Gasteiger partial charge in [-0.15, -0.1) is 12.4 Å². The highest BCUT2D eigenvalue weighted by atomic mass is 35.5. The van der Waals surface area contributed by atoms with Crippen molar-refractivity contribution in [2.24, 2.45) is 5.73 Å². The number of rotatable bonds is 3. The lowest BCUT2D eigenvalue weighted by molar-refractivity contribution is 0.409. The van der Waals surface area contributed by atoms with Crippen LogP contribution in [0.2, 0.25) is 0 Å². The minimum Gasteiger partial charge on any atom is -0.362 e. The Labute approximate surface area is 139 Å². The summed E-state index contributed by atoms with van der Waals surface area (Å²) in [5.41, 5.74) is 8.57. The third-order valence-electron chi connectivity index (χ3n) is 4.69. The summed E-state index contributed by atoms with van der Waals surface area (Å²) in [7, 11) is 4.14. The van der Waals surface area contributed by atoms with Gasteiger partial charge in [0.15, 0.2) is 0 Å². The molecule has 2 aliphatic rings. The summed E-state index contributed by atoms with van der Waals surface area (Å²) >= 11 is 0. The molecule has 0 aliphatic heterocycles. The van der Waals surface area contributed by atoms with Crippen LogP contribution < -0.4 is 16.0 Å². The highest BCUT2D eigenvalue weighted by molar-refractivity contribution is 5.85. The van der Waals surface area contributed by atoms with Crippen LogP contribution in [0.4, 0.5) is 11.8 Å². The molecule has 1 fully saturated rings. The second-order valence-corrected chi connectivity index (χ2v) is 6.65. The molecule has 3 rings (SSSR count). The zero-order valence-electron chi connectivity index (χ0n) is 13.6. The fraction of sp³-hybridized carbons (Fsp3) is 0.750. The van der Waals surface area contributed by atoms with Gasteiger partial charge in [0.2, 0.25) is 5.95 Å². The fourth-order valence-electron chi connectivity index (χ4n) is 3.45. The lowest BCUT2D eigenvalue weighted by atomic mass is 9.92. The predicted octanol–water partition coefficient (Wildman–Crippen LogP) is 2.53. The second-order valence-electron chi connectivity index (χ2n) is 6.65. The second kappa shape index (κ2) is 7.47. The zero-order valence-corrected chi connectivity index (χ0v) is 14.5. The van der Waals surface area contributed by atoms with Crippen molar-refractivity contribution in [1.29, 1.82) is 0 Å². The number of hydrogen-bond donors (Lipinski definition) is 2. The molecular weight excluding hydrogens is 298 g/mol. The molecule has 2 aliphatic carbocycles. The Morgan fingerprint density at radius 1 is 1.05 bits per heavy atom. The number of anilines is 2. The van der Waals surface area contributed by atoms with Gasteiger partial charge in [-0.25, -0.2) is 4.98 Å². The van der Waals surface area contributed by atoms with E-state index in [9.17, 15) is 0 Å².